The number of aromatic nitrogens is 1. The quantitative estimate of drug-likeness (QED) is 0.787. The molecule has 2 aromatic rings. The largest absolute Gasteiger partial charge is 0.478 e. The number of hydrogen-bond donors (Lipinski definition) is 3. The molecule has 1 amide bonds. The molecule has 1 aromatic carbocycles. The van der Waals surface area contributed by atoms with Gasteiger partial charge in [-0.3, -0.25) is 4.79 Å². The minimum Gasteiger partial charge on any atom is -0.478 e. The Bertz CT molecular complexity index is 607. The minimum absolute atomic E-state index is 0.133. The normalized spacial score (nSPS) is 10.1. The van der Waals surface area contributed by atoms with Crippen molar-refractivity contribution in [2.24, 2.45) is 0 Å². The molecule has 1 heterocycles. The molecule has 19 heavy (non-hydrogen) atoms. The van der Waals surface area contributed by atoms with Crippen molar-refractivity contribution in [3.63, 3.8) is 0 Å². The highest BCUT2D eigenvalue weighted by Crippen LogP contribution is 2.13. The Morgan fingerprint density at radius 2 is 2.00 bits per heavy atom. The summed E-state index contributed by atoms with van der Waals surface area (Å²) < 4.78 is 0. The van der Waals surface area contributed by atoms with E-state index in [0.29, 0.717) is 16.5 Å². The van der Waals surface area contributed by atoms with E-state index in [9.17, 15) is 9.59 Å². The molecule has 0 spiro atoms. The van der Waals surface area contributed by atoms with Gasteiger partial charge < -0.3 is 16.2 Å². The van der Waals surface area contributed by atoms with Crippen molar-refractivity contribution in [3.05, 3.63) is 40.9 Å². The number of nitrogens with one attached hydrogen (secondary N) is 1. The van der Waals surface area contributed by atoms with Crippen LogP contribution in [0.3, 0.4) is 0 Å². The van der Waals surface area contributed by atoms with Crippen molar-refractivity contribution in [2.75, 3.05) is 11.1 Å². The molecule has 0 fully saturated rings. The minimum atomic E-state index is -1.00. The summed E-state index contributed by atoms with van der Waals surface area (Å²) in [5, 5.41) is 13.6. The van der Waals surface area contributed by atoms with E-state index in [-0.39, 0.29) is 17.9 Å². The van der Waals surface area contributed by atoms with Crippen molar-refractivity contribution < 1.29 is 14.7 Å². The van der Waals surface area contributed by atoms with Crippen LogP contribution < -0.4 is 11.1 Å². The molecule has 0 bridgehead atoms. The number of thiazole rings is 1. The molecule has 0 unspecified atom stereocenters. The Labute approximate surface area is 112 Å². The summed E-state index contributed by atoms with van der Waals surface area (Å²) >= 11 is 1.28. The molecule has 0 radical (unpaired) electrons. The molecule has 1 aromatic heterocycles. The summed E-state index contributed by atoms with van der Waals surface area (Å²) in [5.41, 5.74) is 6.80. The average molecular weight is 277 g/mol. The summed E-state index contributed by atoms with van der Waals surface area (Å²) in [7, 11) is 0. The van der Waals surface area contributed by atoms with Crippen LogP contribution in [0, 0.1) is 0 Å². The lowest BCUT2D eigenvalue weighted by atomic mass is 10.2. The first-order chi connectivity index (χ1) is 9.04. The highest BCUT2D eigenvalue weighted by atomic mass is 32.1. The molecular formula is C12H11N3O3S. The van der Waals surface area contributed by atoms with Crippen LogP contribution in [0.4, 0.5) is 10.8 Å². The standard InChI is InChI=1S/C12H11N3O3S/c13-12-15-9(6-19-12)5-10(16)14-8-3-1-7(2-4-8)11(17)18/h1-4,6H,5H2,(H2,13,15)(H,14,16)(H,17,18). The fourth-order valence-corrected chi connectivity index (χ4v) is 2.03. The number of aromatic carboxylic acids is 1. The Kier molecular flexibility index (Phi) is 3.76. The van der Waals surface area contributed by atoms with E-state index in [1.54, 1.807) is 5.38 Å². The molecular weight excluding hydrogens is 266 g/mol. The molecule has 0 saturated heterocycles. The van der Waals surface area contributed by atoms with Crippen LogP contribution in [0.1, 0.15) is 16.1 Å². The zero-order valence-corrected chi connectivity index (χ0v) is 10.6. The molecule has 98 valence electrons. The SMILES string of the molecule is Nc1nc(CC(=O)Nc2ccc(C(=O)O)cc2)cs1. The van der Waals surface area contributed by atoms with Gasteiger partial charge in [0.15, 0.2) is 5.13 Å². The van der Waals surface area contributed by atoms with Crippen LogP contribution in [0.25, 0.3) is 0 Å². The van der Waals surface area contributed by atoms with Gasteiger partial charge in [0, 0.05) is 11.1 Å². The van der Waals surface area contributed by atoms with Gasteiger partial charge in [0.25, 0.3) is 0 Å². The fraction of sp³-hybridized carbons (Fsp3) is 0.0833. The number of carbonyl (C=O) groups is 2. The van der Waals surface area contributed by atoms with Crippen LogP contribution in [0.5, 0.6) is 0 Å². The molecule has 0 atom stereocenters. The van der Waals surface area contributed by atoms with Gasteiger partial charge in [-0.2, -0.15) is 0 Å². The van der Waals surface area contributed by atoms with Crippen LogP contribution in [-0.4, -0.2) is 22.0 Å². The van der Waals surface area contributed by atoms with Crippen LogP contribution in [0.2, 0.25) is 0 Å². The van der Waals surface area contributed by atoms with E-state index in [4.69, 9.17) is 10.8 Å². The number of anilines is 2. The second kappa shape index (κ2) is 5.49. The fourth-order valence-electron chi connectivity index (χ4n) is 1.47. The topological polar surface area (TPSA) is 105 Å². The monoisotopic (exact) mass is 277 g/mol. The van der Waals surface area contributed by atoms with Crippen LogP contribution in [0.15, 0.2) is 29.6 Å². The summed E-state index contributed by atoms with van der Waals surface area (Å²) in [6, 6.07) is 5.94. The number of carbonyl (C=O) groups excluding carboxylic acids is 1. The number of carboxylic acid groups (broad SMARTS) is 1. The first-order valence-electron chi connectivity index (χ1n) is 5.37. The van der Waals surface area contributed by atoms with Gasteiger partial charge in [-0.15, -0.1) is 11.3 Å². The van der Waals surface area contributed by atoms with Gasteiger partial charge in [0.1, 0.15) is 0 Å². The first-order valence-corrected chi connectivity index (χ1v) is 6.25. The number of rotatable bonds is 4. The first kappa shape index (κ1) is 13.0. The van der Waals surface area contributed by atoms with Crippen molar-refractivity contribution in [2.45, 2.75) is 6.42 Å². The average Bonchev–Trinajstić information content (AvgIpc) is 2.75. The zero-order chi connectivity index (χ0) is 13.8. The second-order valence-electron chi connectivity index (χ2n) is 3.78. The third kappa shape index (κ3) is 3.52. The van der Waals surface area contributed by atoms with E-state index in [2.05, 4.69) is 10.3 Å². The van der Waals surface area contributed by atoms with E-state index in [1.807, 2.05) is 0 Å². The number of hydrogen-bond acceptors (Lipinski definition) is 5. The van der Waals surface area contributed by atoms with Gasteiger partial charge in [-0.05, 0) is 24.3 Å². The van der Waals surface area contributed by atoms with Crippen molar-refractivity contribution >= 4 is 34.0 Å². The summed E-state index contributed by atoms with van der Waals surface area (Å²) in [6.45, 7) is 0. The lowest BCUT2D eigenvalue weighted by Crippen LogP contribution is -2.14. The van der Waals surface area contributed by atoms with E-state index < -0.39 is 5.97 Å². The van der Waals surface area contributed by atoms with Gasteiger partial charge in [0.05, 0.1) is 17.7 Å². The number of carboxylic acids is 1. The third-order valence-corrected chi connectivity index (χ3v) is 3.05. The Hall–Kier alpha value is -2.41. The van der Waals surface area contributed by atoms with Crippen LogP contribution >= 0.6 is 11.3 Å². The molecule has 7 heteroatoms. The van der Waals surface area contributed by atoms with E-state index in [1.165, 1.54) is 35.6 Å². The maximum absolute atomic E-state index is 11.7. The van der Waals surface area contributed by atoms with Gasteiger partial charge in [0.2, 0.25) is 5.91 Å². The summed E-state index contributed by atoms with van der Waals surface area (Å²) in [4.78, 5) is 26.4. The van der Waals surface area contributed by atoms with Gasteiger partial charge in [-0.25, -0.2) is 9.78 Å². The Morgan fingerprint density at radius 3 is 2.53 bits per heavy atom. The number of nitrogen functional groups attached to an aromatic ring is 1. The number of nitrogens with two attached hydrogens (primary N) is 1. The highest BCUT2D eigenvalue weighted by molar-refractivity contribution is 7.13. The maximum Gasteiger partial charge on any atom is 0.335 e. The van der Waals surface area contributed by atoms with Gasteiger partial charge in [-0.1, -0.05) is 0 Å². The predicted octanol–water partition coefficient (Wildman–Crippen LogP) is 1.60. The lowest BCUT2D eigenvalue weighted by molar-refractivity contribution is -0.115. The maximum atomic E-state index is 11.7. The molecule has 6 nitrogen and oxygen atoms in total. The molecule has 4 N–H and O–H groups in total. The lowest BCUT2D eigenvalue weighted by Gasteiger charge is -2.04. The van der Waals surface area contributed by atoms with Crippen LogP contribution in [-0.2, 0) is 11.2 Å². The Balaban J connectivity index is 1.97. The predicted molar refractivity (Wildman–Crippen MR) is 72.3 cm³/mol. The smallest absolute Gasteiger partial charge is 0.335 e. The number of benzene rings is 1. The summed E-state index contributed by atoms with van der Waals surface area (Å²) in [5.74, 6) is -1.23. The third-order valence-electron chi connectivity index (χ3n) is 2.33. The van der Waals surface area contributed by atoms with Crippen molar-refractivity contribution in [1.29, 1.82) is 0 Å². The number of amides is 1. The van der Waals surface area contributed by atoms with Crippen molar-refractivity contribution in [3.8, 4) is 0 Å². The van der Waals surface area contributed by atoms with E-state index in [0.717, 1.165) is 0 Å². The zero-order valence-electron chi connectivity index (χ0n) is 9.79. The highest BCUT2D eigenvalue weighted by Gasteiger charge is 2.08. The molecule has 0 aliphatic rings. The molecule has 2 rings (SSSR count). The second-order valence-corrected chi connectivity index (χ2v) is 4.67. The Morgan fingerprint density at radius 1 is 1.32 bits per heavy atom. The van der Waals surface area contributed by atoms with Crippen molar-refractivity contribution in [1.82, 2.24) is 4.98 Å². The molecule has 0 aliphatic carbocycles. The van der Waals surface area contributed by atoms with Gasteiger partial charge >= 0.3 is 5.97 Å². The molecule has 0 saturated carbocycles. The molecule has 0 aliphatic heterocycles. The number of nitrogens with zero attached hydrogens (tertiary/aromatic N) is 1. The summed E-state index contributed by atoms with van der Waals surface area (Å²) in [6.07, 6.45) is 0.133. The van der Waals surface area contributed by atoms with E-state index >= 15 is 0 Å².